The summed E-state index contributed by atoms with van der Waals surface area (Å²) in [4.78, 5) is 17.6. The number of hydrogen-bond acceptors (Lipinski definition) is 5. The molecule has 0 atom stereocenters. The van der Waals surface area contributed by atoms with Crippen molar-refractivity contribution in [3.63, 3.8) is 0 Å². The van der Waals surface area contributed by atoms with Crippen LogP contribution in [0.2, 0.25) is 0 Å². The van der Waals surface area contributed by atoms with Gasteiger partial charge in [-0.2, -0.15) is 4.98 Å². The minimum absolute atomic E-state index is 0.0925. The second-order valence-corrected chi connectivity index (χ2v) is 7.86. The number of carbonyl (C=O) groups excluding carboxylic acids is 1. The van der Waals surface area contributed by atoms with Gasteiger partial charge in [-0.05, 0) is 42.7 Å². The zero-order chi connectivity index (χ0) is 20.8. The average Bonchev–Trinajstić information content (AvgIpc) is 3.36. The van der Waals surface area contributed by atoms with Gasteiger partial charge >= 0.3 is 0 Å². The van der Waals surface area contributed by atoms with Crippen LogP contribution in [0.25, 0.3) is 16.3 Å². The van der Waals surface area contributed by atoms with E-state index < -0.39 is 0 Å². The van der Waals surface area contributed by atoms with Crippen molar-refractivity contribution in [3.8, 4) is 17.1 Å². The van der Waals surface area contributed by atoms with Gasteiger partial charge in [0.15, 0.2) is 5.82 Å². The van der Waals surface area contributed by atoms with Gasteiger partial charge in [0.2, 0.25) is 10.9 Å². The van der Waals surface area contributed by atoms with Crippen LogP contribution in [0.15, 0.2) is 60.0 Å². The van der Waals surface area contributed by atoms with Crippen LogP contribution in [0, 0.1) is 0 Å². The van der Waals surface area contributed by atoms with Crippen molar-refractivity contribution < 1.29 is 9.53 Å². The fourth-order valence-electron chi connectivity index (χ4n) is 3.28. The van der Waals surface area contributed by atoms with E-state index in [4.69, 9.17) is 4.74 Å². The van der Waals surface area contributed by atoms with Crippen molar-refractivity contribution in [2.24, 2.45) is 0 Å². The topological polar surface area (TPSA) is 68.5 Å². The van der Waals surface area contributed by atoms with Crippen LogP contribution in [0.3, 0.4) is 0 Å². The van der Waals surface area contributed by atoms with E-state index in [-0.39, 0.29) is 5.91 Å². The molecular weight excluding hydrogens is 396 g/mol. The lowest BCUT2D eigenvalue weighted by atomic mass is 10.1. The van der Waals surface area contributed by atoms with Crippen molar-refractivity contribution in [3.05, 3.63) is 71.2 Å². The maximum Gasteiger partial charge on any atom is 0.220 e. The van der Waals surface area contributed by atoms with Crippen molar-refractivity contribution in [2.45, 2.75) is 25.7 Å². The van der Waals surface area contributed by atoms with E-state index >= 15 is 0 Å². The number of benzene rings is 2. The molecule has 154 valence electrons. The highest BCUT2D eigenvalue weighted by molar-refractivity contribution is 7.15. The number of nitrogens with zero attached hydrogens (tertiary/aromatic N) is 3. The van der Waals surface area contributed by atoms with Crippen LogP contribution < -0.4 is 10.1 Å². The molecule has 0 saturated heterocycles. The van der Waals surface area contributed by atoms with Crippen LogP contribution in [0.1, 0.15) is 24.1 Å². The third kappa shape index (κ3) is 4.86. The molecule has 0 unspecified atom stereocenters. The molecule has 4 rings (SSSR count). The van der Waals surface area contributed by atoms with Gasteiger partial charge in [-0.3, -0.25) is 4.79 Å². The summed E-state index contributed by atoms with van der Waals surface area (Å²) in [5, 5.41) is 9.71. The van der Waals surface area contributed by atoms with Crippen molar-refractivity contribution in [1.29, 1.82) is 0 Å². The molecule has 1 amide bonds. The molecule has 0 aliphatic carbocycles. The third-order valence-electron chi connectivity index (χ3n) is 4.91. The third-order valence-corrected chi connectivity index (χ3v) is 5.78. The quantitative estimate of drug-likeness (QED) is 0.442. The Hall–Kier alpha value is -3.19. The molecule has 2 heterocycles. The Balaban J connectivity index is 1.28. The number of methoxy groups -OCH3 is 1. The van der Waals surface area contributed by atoms with Gasteiger partial charge in [0.25, 0.3) is 0 Å². The number of rotatable bonds is 9. The lowest BCUT2D eigenvalue weighted by Crippen LogP contribution is -2.25. The van der Waals surface area contributed by atoms with E-state index in [2.05, 4.69) is 32.9 Å². The minimum Gasteiger partial charge on any atom is -0.497 e. The average molecular weight is 421 g/mol. The number of hydrogen-bond donors (Lipinski definition) is 1. The number of ether oxygens (including phenoxy) is 1. The second-order valence-electron chi connectivity index (χ2n) is 7.02. The summed E-state index contributed by atoms with van der Waals surface area (Å²) in [7, 11) is 1.65. The molecule has 0 fully saturated rings. The first-order valence-electron chi connectivity index (χ1n) is 10.0. The summed E-state index contributed by atoms with van der Waals surface area (Å²) in [6.45, 7) is 0.591. The molecule has 2 aromatic heterocycles. The number of fused-ring (bicyclic) bond motifs is 1. The predicted octanol–water partition coefficient (Wildman–Crippen LogP) is 4.15. The number of aromatic nitrogens is 3. The van der Waals surface area contributed by atoms with E-state index in [0.29, 0.717) is 18.8 Å². The van der Waals surface area contributed by atoms with Crippen molar-refractivity contribution in [1.82, 2.24) is 19.9 Å². The van der Waals surface area contributed by atoms with Gasteiger partial charge in [-0.25, -0.2) is 4.52 Å². The molecule has 6 nitrogen and oxygen atoms in total. The zero-order valence-corrected chi connectivity index (χ0v) is 17.7. The first kappa shape index (κ1) is 20.1. The molecule has 0 bridgehead atoms. The summed E-state index contributed by atoms with van der Waals surface area (Å²) >= 11 is 1.56. The van der Waals surface area contributed by atoms with E-state index in [1.807, 2.05) is 47.0 Å². The Kier molecular flexibility index (Phi) is 6.39. The molecule has 0 saturated carbocycles. The number of aryl methyl sites for hydroxylation is 1. The Morgan fingerprint density at radius 3 is 2.67 bits per heavy atom. The lowest BCUT2D eigenvalue weighted by Gasteiger charge is -2.05. The molecule has 1 N–H and O–H groups in total. The number of carbonyl (C=O) groups is 1. The Morgan fingerprint density at radius 2 is 1.90 bits per heavy atom. The van der Waals surface area contributed by atoms with E-state index in [1.165, 1.54) is 5.56 Å². The van der Waals surface area contributed by atoms with Gasteiger partial charge in [-0.1, -0.05) is 30.3 Å². The Labute approximate surface area is 179 Å². The predicted molar refractivity (Wildman–Crippen MR) is 119 cm³/mol. The lowest BCUT2D eigenvalue weighted by molar-refractivity contribution is -0.121. The second kappa shape index (κ2) is 9.54. The minimum atomic E-state index is 0.0925. The van der Waals surface area contributed by atoms with Crippen LogP contribution in [-0.2, 0) is 17.6 Å². The fraction of sp³-hybridized carbons (Fsp3) is 0.261. The van der Waals surface area contributed by atoms with Gasteiger partial charge < -0.3 is 10.1 Å². The molecule has 0 spiro atoms. The number of amides is 1. The largest absolute Gasteiger partial charge is 0.497 e. The number of nitrogens with one attached hydrogen (secondary N) is 1. The summed E-state index contributed by atoms with van der Waals surface area (Å²) < 4.78 is 7.07. The zero-order valence-electron chi connectivity index (χ0n) is 16.9. The smallest absolute Gasteiger partial charge is 0.220 e. The van der Waals surface area contributed by atoms with Gasteiger partial charge in [0.1, 0.15) is 5.75 Å². The van der Waals surface area contributed by atoms with E-state index in [9.17, 15) is 4.79 Å². The maximum absolute atomic E-state index is 12.1. The molecular formula is C23H24N4O2S. The highest BCUT2D eigenvalue weighted by atomic mass is 32.1. The standard InChI is InChI=1S/C23H24N4O2S/c1-29-20-12-10-18(11-13-20)22-25-23-27(26-22)19(16-30-23)14-15-24-21(28)9-5-8-17-6-3-2-4-7-17/h2-4,6-7,10-13,16H,5,8-9,14-15H2,1H3,(H,24,28). The molecule has 0 radical (unpaired) electrons. The van der Waals surface area contributed by atoms with E-state index in [0.717, 1.165) is 41.2 Å². The van der Waals surface area contributed by atoms with Crippen LogP contribution in [0.5, 0.6) is 5.75 Å². The number of thiazole rings is 1. The van der Waals surface area contributed by atoms with Crippen LogP contribution >= 0.6 is 11.3 Å². The highest BCUT2D eigenvalue weighted by Gasteiger charge is 2.12. The SMILES string of the molecule is COc1ccc(-c2nc3scc(CCNC(=O)CCCc4ccccc4)n3n2)cc1. The highest BCUT2D eigenvalue weighted by Crippen LogP contribution is 2.23. The molecule has 0 aliphatic heterocycles. The summed E-state index contributed by atoms with van der Waals surface area (Å²) in [5.41, 5.74) is 3.26. The fourth-order valence-corrected chi connectivity index (χ4v) is 4.13. The summed E-state index contributed by atoms with van der Waals surface area (Å²) in [5.74, 6) is 1.59. The Morgan fingerprint density at radius 1 is 1.10 bits per heavy atom. The first-order chi connectivity index (χ1) is 14.7. The monoisotopic (exact) mass is 420 g/mol. The Bertz CT molecular complexity index is 1100. The van der Waals surface area contributed by atoms with Gasteiger partial charge in [0, 0.05) is 30.3 Å². The molecule has 4 aromatic rings. The van der Waals surface area contributed by atoms with Crippen molar-refractivity contribution in [2.75, 3.05) is 13.7 Å². The maximum atomic E-state index is 12.1. The normalized spacial score (nSPS) is 11.0. The van der Waals surface area contributed by atoms with Crippen molar-refractivity contribution >= 4 is 22.2 Å². The summed E-state index contributed by atoms with van der Waals surface area (Å²) in [6.07, 6.45) is 3.04. The summed E-state index contributed by atoms with van der Waals surface area (Å²) in [6, 6.07) is 18.0. The molecule has 2 aromatic carbocycles. The van der Waals surface area contributed by atoms with Crippen LogP contribution in [-0.4, -0.2) is 34.2 Å². The van der Waals surface area contributed by atoms with Gasteiger partial charge in [-0.15, -0.1) is 16.4 Å². The molecule has 0 aliphatic rings. The molecule has 30 heavy (non-hydrogen) atoms. The van der Waals surface area contributed by atoms with Crippen LogP contribution in [0.4, 0.5) is 0 Å². The first-order valence-corrected chi connectivity index (χ1v) is 10.9. The van der Waals surface area contributed by atoms with E-state index in [1.54, 1.807) is 18.4 Å². The molecule has 7 heteroatoms. The van der Waals surface area contributed by atoms with Gasteiger partial charge in [0.05, 0.1) is 12.8 Å².